The van der Waals surface area contributed by atoms with E-state index in [1.54, 1.807) is 12.1 Å². The first-order valence-corrected chi connectivity index (χ1v) is 14.8. The quantitative estimate of drug-likeness (QED) is 0.0501. The number of amides is 2. The van der Waals surface area contributed by atoms with E-state index in [2.05, 4.69) is 25.8 Å². The number of nitrogens with one attached hydrogen (secondary N) is 2. The molecule has 1 heterocycles. The molecule has 0 fully saturated rings. The number of guanidine groups is 1. The Kier molecular flexibility index (Phi) is 13.1. The number of hydrogen-bond acceptors (Lipinski definition) is 9. The molecule has 13 nitrogen and oxygen atoms in total. The number of aryl methyl sites for hydroxylation is 3. The highest BCUT2D eigenvalue weighted by Gasteiger charge is 2.26. The van der Waals surface area contributed by atoms with Crippen molar-refractivity contribution in [2.75, 3.05) is 6.54 Å². The van der Waals surface area contributed by atoms with Crippen LogP contribution < -0.4 is 33.6 Å². The van der Waals surface area contributed by atoms with Crippen LogP contribution in [-0.4, -0.2) is 57.8 Å². The van der Waals surface area contributed by atoms with Gasteiger partial charge in [0.05, 0.1) is 12.2 Å². The van der Waals surface area contributed by atoms with Gasteiger partial charge in [0.25, 0.3) is 0 Å². The van der Waals surface area contributed by atoms with Crippen LogP contribution in [0.3, 0.4) is 0 Å². The zero-order valence-corrected chi connectivity index (χ0v) is 25.5. The van der Waals surface area contributed by atoms with E-state index in [0.29, 0.717) is 56.8 Å². The van der Waals surface area contributed by atoms with Gasteiger partial charge in [-0.2, -0.15) is 4.98 Å². The molecule has 0 saturated carbocycles. The zero-order valence-electron chi connectivity index (χ0n) is 25.5. The number of carbonyl (C=O) groups is 2. The molecule has 0 aliphatic heterocycles. The minimum atomic E-state index is -0.930. The summed E-state index contributed by atoms with van der Waals surface area (Å²) in [7, 11) is 0. The lowest BCUT2D eigenvalue weighted by Gasteiger charge is -2.24. The number of benzene rings is 2. The van der Waals surface area contributed by atoms with E-state index in [1.807, 2.05) is 44.2 Å². The highest BCUT2D eigenvalue weighted by Crippen LogP contribution is 2.22. The molecule has 0 bridgehead atoms. The molecule has 1 unspecified atom stereocenters. The third-order valence-corrected chi connectivity index (χ3v) is 7.23. The van der Waals surface area contributed by atoms with Crippen molar-refractivity contribution in [2.45, 2.75) is 83.5 Å². The van der Waals surface area contributed by atoms with Gasteiger partial charge in [0.2, 0.25) is 17.7 Å². The summed E-state index contributed by atoms with van der Waals surface area (Å²) >= 11 is 0. The van der Waals surface area contributed by atoms with Crippen LogP contribution in [0.2, 0.25) is 0 Å². The molecule has 13 heteroatoms. The van der Waals surface area contributed by atoms with Crippen molar-refractivity contribution in [1.82, 2.24) is 20.8 Å². The van der Waals surface area contributed by atoms with Gasteiger partial charge in [-0.25, -0.2) is 0 Å². The topological polar surface area (TPSA) is 234 Å². The van der Waals surface area contributed by atoms with Crippen LogP contribution in [-0.2, 0) is 28.9 Å². The summed E-state index contributed by atoms with van der Waals surface area (Å²) in [5.74, 6) is 0.405. The number of rotatable bonds is 17. The van der Waals surface area contributed by atoms with Crippen molar-refractivity contribution in [1.29, 1.82) is 0 Å². The Labute approximate surface area is 257 Å². The van der Waals surface area contributed by atoms with E-state index in [0.717, 1.165) is 28.7 Å². The zero-order chi connectivity index (χ0) is 32.1. The van der Waals surface area contributed by atoms with E-state index in [9.17, 15) is 14.7 Å². The number of nitrogens with zero attached hydrogens (tertiary/aromatic N) is 3. The van der Waals surface area contributed by atoms with Gasteiger partial charge in [0, 0.05) is 25.8 Å². The van der Waals surface area contributed by atoms with E-state index in [-0.39, 0.29) is 18.1 Å². The standard InChI is InChI=1S/C31H45N9O4/c1-19-15-22(41)16-20(2)23(19)18-25(37-29(42)24(32)11-8-14-36-31(34)35)30(43)38-26(33)12-6-7-13-28-39-27(40-44-28)17-21-9-4-3-5-10-21/h3-5,9-10,15-16,24-26,41H,6-8,11-14,17-18,32-33H2,1-2H3,(H,37,42)(H,38,43)(H4,34,35,36)/t24-,25-,26?/m0/s1. The minimum Gasteiger partial charge on any atom is -0.508 e. The highest BCUT2D eigenvalue weighted by molar-refractivity contribution is 5.90. The first-order valence-electron chi connectivity index (χ1n) is 14.8. The Bertz CT molecular complexity index is 1370. The fourth-order valence-corrected chi connectivity index (χ4v) is 4.87. The average Bonchev–Trinajstić information content (AvgIpc) is 3.41. The molecule has 0 radical (unpaired) electrons. The van der Waals surface area contributed by atoms with Gasteiger partial charge in [-0.05, 0) is 80.3 Å². The monoisotopic (exact) mass is 607 g/mol. The number of unbranched alkanes of at least 4 members (excludes halogenated alkanes) is 1. The van der Waals surface area contributed by atoms with Gasteiger partial charge in [-0.3, -0.25) is 14.6 Å². The lowest BCUT2D eigenvalue weighted by Crippen LogP contribution is -2.55. The van der Waals surface area contributed by atoms with Crippen LogP contribution in [0.4, 0.5) is 0 Å². The molecule has 3 atom stereocenters. The predicted molar refractivity (Wildman–Crippen MR) is 168 cm³/mol. The minimum absolute atomic E-state index is 0.0293. The third kappa shape index (κ3) is 11.3. The Balaban J connectivity index is 1.53. The summed E-state index contributed by atoms with van der Waals surface area (Å²) in [5.41, 5.74) is 26.6. The maximum atomic E-state index is 13.4. The molecule has 3 rings (SSSR count). The van der Waals surface area contributed by atoms with Crippen molar-refractivity contribution in [3.05, 3.63) is 76.4 Å². The third-order valence-electron chi connectivity index (χ3n) is 7.23. The molecule has 11 N–H and O–H groups in total. The maximum absolute atomic E-state index is 13.4. The Morgan fingerprint density at radius 3 is 2.36 bits per heavy atom. The molecular weight excluding hydrogens is 562 g/mol. The molecular formula is C31H45N9O4. The van der Waals surface area contributed by atoms with Crippen LogP contribution in [0.15, 0.2) is 52.0 Å². The number of aliphatic imine (C=N–C) groups is 1. The first kappa shape index (κ1) is 34.0. The first-order chi connectivity index (χ1) is 21.0. The lowest BCUT2D eigenvalue weighted by atomic mass is 9.95. The van der Waals surface area contributed by atoms with Crippen LogP contribution in [0.1, 0.15) is 66.1 Å². The normalized spacial score (nSPS) is 13.1. The largest absolute Gasteiger partial charge is 0.508 e. The van der Waals surface area contributed by atoms with Crippen LogP contribution in [0, 0.1) is 13.8 Å². The average molecular weight is 608 g/mol. The lowest BCUT2D eigenvalue weighted by molar-refractivity contribution is -0.130. The van der Waals surface area contributed by atoms with Crippen LogP contribution in [0.25, 0.3) is 0 Å². The molecule has 2 amide bonds. The molecule has 0 aliphatic rings. The van der Waals surface area contributed by atoms with Crippen molar-refractivity contribution in [3.63, 3.8) is 0 Å². The summed E-state index contributed by atoms with van der Waals surface area (Å²) in [6.45, 7) is 4.03. The van der Waals surface area contributed by atoms with Gasteiger partial charge in [-0.1, -0.05) is 35.5 Å². The van der Waals surface area contributed by atoms with Crippen LogP contribution >= 0.6 is 0 Å². The number of aromatic nitrogens is 2. The SMILES string of the molecule is Cc1cc(O)cc(C)c1C[C@H](NC(=O)[C@@H](N)CCCN=C(N)N)C(=O)NC(N)CCCCc1nc(Cc2ccccc2)no1. The Morgan fingerprint density at radius 1 is 0.977 bits per heavy atom. The van der Waals surface area contributed by atoms with Gasteiger partial charge < -0.3 is 43.2 Å². The number of hydrogen-bond donors (Lipinski definition) is 7. The van der Waals surface area contributed by atoms with Crippen LogP contribution in [0.5, 0.6) is 5.75 Å². The fraction of sp³-hybridized carbons (Fsp3) is 0.452. The van der Waals surface area contributed by atoms with E-state index in [4.69, 9.17) is 27.5 Å². The molecule has 0 aliphatic carbocycles. The van der Waals surface area contributed by atoms with E-state index < -0.39 is 30.1 Å². The molecule has 44 heavy (non-hydrogen) atoms. The van der Waals surface area contributed by atoms with Gasteiger partial charge in [-0.15, -0.1) is 0 Å². The van der Waals surface area contributed by atoms with E-state index >= 15 is 0 Å². The maximum Gasteiger partial charge on any atom is 0.244 e. The summed E-state index contributed by atoms with van der Waals surface area (Å²) in [6, 6.07) is 11.4. The molecule has 1 aromatic heterocycles. The van der Waals surface area contributed by atoms with Gasteiger partial charge >= 0.3 is 0 Å². The van der Waals surface area contributed by atoms with Crippen molar-refractivity contribution < 1.29 is 19.2 Å². The molecule has 2 aromatic carbocycles. The molecule has 3 aromatic rings. The second-order valence-electron chi connectivity index (χ2n) is 11.0. The summed E-state index contributed by atoms with van der Waals surface area (Å²) in [4.78, 5) is 34.7. The Morgan fingerprint density at radius 2 is 1.68 bits per heavy atom. The van der Waals surface area contributed by atoms with Gasteiger partial charge in [0.15, 0.2) is 11.8 Å². The van der Waals surface area contributed by atoms with E-state index in [1.165, 1.54) is 0 Å². The van der Waals surface area contributed by atoms with Crippen molar-refractivity contribution in [3.8, 4) is 5.75 Å². The second kappa shape index (κ2) is 17.0. The molecule has 0 saturated heterocycles. The summed E-state index contributed by atoms with van der Waals surface area (Å²) in [5, 5.41) is 19.6. The fourth-order valence-electron chi connectivity index (χ4n) is 4.87. The number of nitrogens with two attached hydrogens (primary N) is 4. The Hall–Kier alpha value is -4.49. The number of phenols is 1. The van der Waals surface area contributed by atoms with Gasteiger partial charge in [0.1, 0.15) is 11.8 Å². The smallest absolute Gasteiger partial charge is 0.244 e. The number of aromatic hydroxyl groups is 1. The predicted octanol–water partition coefficient (Wildman–Crippen LogP) is 1.21. The molecule has 238 valence electrons. The summed E-state index contributed by atoms with van der Waals surface area (Å²) < 4.78 is 5.38. The second-order valence-corrected chi connectivity index (χ2v) is 11.0. The van der Waals surface area contributed by atoms with Crippen molar-refractivity contribution >= 4 is 17.8 Å². The molecule has 0 spiro atoms. The summed E-state index contributed by atoms with van der Waals surface area (Å²) in [6.07, 6.45) is 3.58. The number of phenolic OH excluding ortho intramolecular Hbond substituents is 1. The van der Waals surface area contributed by atoms with Crippen molar-refractivity contribution in [2.24, 2.45) is 27.9 Å². The number of carbonyl (C=O) groups excluding carboxylic acids is 2. The highest BCUT2D eigenvalue weighted by atomic mass is 16.5.